The van der Waals surface area contributed by atoms with Crippen molar-refractivity contribution in [2.24, 2.45) is 0 Å². The van der Waals surface area contributed by atoms with Gasteiger partial charge in [-0.15, -0.1) is 0 Å². The van der Waals surface area contributed by atoms with Gasteiger partial charge in [0, 0.05) is 11.7 Å². The zero-order valence-electron chi connectivity index (χ0n) is 7.27. The van der Waals surface area contributed by atoms with Crippen LogP contribution in [0.1, 0.15) is 11.7 Å². The molecule has 0 aliphatic rings. The standard InChI is InChI=1S/C10H9NO3/c12-9(10(13)14)7-1-2-8-6(5-7)3-4-11-8/h1-5,9,11-12H,(H,13,14). The number of aliphatic hydroxyl groups is 1. The van der Waals surface area contributed by atoms with Crippen molar-refractivity contribution in [2.45, 2.75) is 6.10 Å². The van der Waals surface area contributed by atoms with Crippen molar-refractivity contribution in [2.75, 3.05) is 0 Å². The quantitative estimate of drug-likeness (QED) is 0.669. The first-order valence-corrected chi connectivity index (χ1v) is 4.16. The number of carboxylic acid groups (broad SMARTS) is 1. The number of hydrogen-bond acceptors (Lipinski definition) is 2. The van der Waals surface area contributed by atoms with Crippen LogP contribution in [0.3, 0.4) is 0 Å². The second kappa shape index (κ2) is 3.16. The normalized spacial score (nSPS) is 12.9. The summed E-state index contributed by atoms with van der Waals surface area (Å²) < 4.78 is 0. The number of carboxylic acids is 1. The van der Waals surface area contributed by atoms with Crippen molar-refractivity contribution in [3.05, 3.63) is 36.0 Å². The SMILES string of the molecule is O=C(O)C(O)c1ccc2[nH]ccc2c1. The number of H-pyrrole nitrogens is 1. The average Bonchev–Trinajstić information content (AvgIpc) is 2.62. The van der Waals surface area contributed by atoms with Gasteiger partial charge in [-0.25, -0.2) is 4.79 Å². The Morgan fingerprint density at radius 1 is 1.36 bits per heavy atom. The van der Waals surface area contributed by atoms with Crippen LogP contribution in [0.5, 0.6) is 0 Å². The molecule has 72 valence electrons. The van der Waals surface area contributed by atoms with Crippen molar-refractivity contribution in [1.29, 1.82) is 0 Å². The maximum atomic E-state index is 10.5. The molecule has 14 heavy (non-hydrogen) atoms. The lowest BCUT2D eigenvalue weighted by molar-refractivity contribution is -0.146. The van der Waals surface area contributed by atoms with Crippen LogP contribution < -0.4 is 0 Å². The fourth-order valence-electron chi connectivity index (χ4n) is 1.38. The van der Waals surface area contributed by atoms with Gasteiger partial charge in [0.25, 0.3) is 0 Å². The Bertz CT molecular complexity index is 475. The molecular weight excluding hydrogens is 182 g/mol. The minimum atomic E-state index is -1.45. The van der Waals surface area contributed by atoms with E-state index in [0.29, 0.717) is 5.56 Å². The van der Waals surface area contributed by atoms with Crippen LogP contribution in [0.2, 0.25) is 0 Å². The van der Waals surface area contributed by atoms with Crippen LogP contribution in [-0.2, 0) is 4.79 Å². The minimum absolute atomic E-state index is 0.393. The molecule has 0 amide bonds. The third-order valence-corrected chi connectivity index (χ3v) is 2.13. The number of aromatic amines is 1. The van der Waals surface area contributed by atoms with Gasteiger partial charge in [0.2, 0.25) is 0 Å². The molecule has 0 aliphatic carbocycles. The Kier molecular flexibility index (Phi) is 1.98. The smallest absolute Gasteiger partial charge is 0.337 e. The van der Waals surface area contributed by atoms with Crippen LogP contribution >= 0.6 is 0 Å². The summed E-state index contributed by atoms with van der Waals surface area (Å²) in [6, 6.07) is 6.83. The lowest BCUT2D eigenvalue weighted by Gasteiger charge is -2.04. The summed E-state index contributed by atoms with van der Waals surface area (Å²) in [6.07, 6.45) is 0.316. The maximum absolute atomic E-state index is 10.5. The molecule has 4 heteroatoms. The summed E-state index contributed by atoms with van der Waals surface area (Å²) in [5.74, 6) is -1.24. The van der Waals surface area contributed by atoms with Crippen molar-refractivity contribution in [3.8, 4) is 0 Å². The molecule has 0 spiro atoms. The number of rotatable bonds is 2. The summed E-state index contributed by atoms with van der Waals surface area (Å²) in [6.45, 7) is 0. The Morgan fingerprint density at radius 2 is 2.14 bits per heavy atom. The first-order chi connectivity index (χ1) is 6.68. The van der Waals surface area contributed by atoms with E-state index in [4.69, 9.17) is 5.11 Å². The van der Waals surface area contributed by atoms with E-state index in [9.17, 15) is 9.90 Å². The second-order valence-electron chi connectivity index (χ2n) is 3.07. The monoisotopic (exact) mass is 191 g/mol. The Hall–Kier alpha value is -1.81. The molecule has 0 aliphatic heterocycles. The number of aliphatic hydroxyl groups excluding tert-OH is 1. The minimum Gasteiger partial charge on any atom is -0.479 e. The maximum Gasteiger partial charge on any atom is 0.337 e. The van der Waals surface area contributed by atoms with Crippen molar-refractivity contribution in [1.82, 2.24) is 4.98 Å². The number of hydrogen-bond donors (Lipinski definition) is 3. The van der Waals surface area contributed by atoms with Gasteiger partial charge in [0.15, 0.2) is 6.10 Å². The topological polar surface area (TPSA) is 73.3 Å². The number of benzene rings is 1. The Balaban J connectivity index is 2.48. The highest BCUT2D eigenvalue weighted by atomic mass is 16.4. The molecule has 1 aromatic carbocycles. The van der Waals surface area contributed by atoms with Crippen LogP contribution in [-0.4, -0.2) is 21.2 Å². The lowest BCUT2D eigenvalue weighted by Crippen LogP contribution is -2.09. The van der Waals surface area contributed by atoms with Crippen LogP contribution in [0, 0.1) is 0 Å². The van der Waals surface area contributed by atoms with E-state index in [1.807, 2.05) is 6.07 Å². The summed E-state index contributed by atoms with van der Waals surface area (Å²) in [7, 11) is 0. The highest BCUT2D eigenvalue weighted by Gasteiger charge is 2.15. The summed E-state index contributed by atoms with van der Waals surface area (Å²) >= 11 is 0. The van der Waals surface area contributed by atoms with E-state index in [0.717, 1.165) is 10.9 Å². The Labute approximate surface area is 79.8 Å². The van der Waals surface area contributed by atoms with Crippen molar-refractivity contribution >= 4 is 16.9 Å². The van der Waals surface area contributed by atoms with Crippen LogP contribution in [0.25, 0.3) is 10.9 Å². The third kappa shape index (κ3) is 1.36. The van der Waals surface area contributed by atoms with Gasteiger partial charge in [0.1, 0.15) is 0 Å². The zero-order chi connectivity index (χ0) is 10.1. The molecule has 2 rings (SSSR count). The molecule has 0 bridgehead atoms. The van der Waals surface area contributed by atoms with Crippen LogP contribution in [0.15, 0.2) is 30.5 Å². The van der Waals surface area contributed by atoms with E-state index in [1.165, 1.54) is 0 Å². The number of carbonyl (C=O) groups is 1. The van der Waals surface area contributed by atoms with E-state index in [-0.39, 0.29) is 0 Å². The molecule has 1 aromatic heterocycles. The van der Waals surface area contributed by atoms with E-state index in [1.54, 1.807) is 24.4 Å². The first kappa shape index (κ1) is 8.77. The zero-order valence-corrected chi connectivity index (χ0v) is 7.27. The molecular formula is C10H9NO3. The predicted octanol–water partition coefficient (Wildman–Crippen LogP) is 1.29. The van der Waals surface area contributed by atoms with Gasteiger partial charge in [-0.05, 0) is 29.1 Å². The van der Waals surface area contributed by atoms with Gasteiger partial charge in [-0.1, -0.05) is 6.07 Å². The molecule has 1 atom stereocenters. The first-order valence-electron chi connectivity index (χ1n) is 4.16. The fraction of sp³-hybridized carbons (Fsp3) is 0.100. The number of aliphatic carboxylic acids is 1. The molecule has 0 saturated heterocycles. The van der Waals surface area contributed by atoms with Gasteiger partial charge in [-0.3, -0.25) is 0 Å². The molecule has 0 saturated carbocycles. The highest BCUT2D eigenvalue weighted by molar-refractivity contribution is 5.82. The summed E-state index contributed by atoms with van der Waals surface area (Å²) in [5.41, 5.74) is 1.32. The van der Waals surface area contributed by atoms with E-state index >= 15 is 0 Å². The van der Waals surface area contributed by atoms with E-state index in [2.05, 4.69) is 4.98 Å². The Morgan fingerprint density at radius 3 is 2.86 bits per heavy atom. The number of aromatic nitrogens is 1. The van der Waals surface area contributed by atoms with Gasteiger partial charge in [-0.2, -0.15) is 0 Å². The molecule has 0 radical (unpaired) electrons. The third-order valence-electron chi connectivity index (χ3n) is 2.13. The molecule has 3 N–H and O–H groups in total. The van der Waals surface area contributed by atoms with E-state index < -0.39 is 12.1 Å². The van der Waals surface area contributed by atoms with Gasteiger partial charge >= 0.3 is 5.97 Å². The van der Waals surface area contributed by atoms with Crippen LogP contribution in [0.4, 0.5) is 0 Å². The molecule has 1 heterocycles. The van der Waals surface area contributed by atoms with Gasteiger partial charge in [0.05, 0.1) is 0 Å². The number of nitrogens with one attached hydrogen (secondary N) is 1. The predicted molar refractivity (Wildman–Crippen MR) is 50.9 cm³/mol. The molecule has 1 unspecified atom stereocenters. The van der Waals surface area contributed by atoms with Crippen molar-refractivity contribution in [3.63, 3.8) is 0 Å². The summed E-state index contributed by atoms with van der Waals surface area (Å²) in [5, 5.41) is 18.8. The van der Waals surface area contributed by atoms with Gasteiger partial charge < -0.3 is 15.2 Å². The lowest BCUT2D eigenvalue weighted by atomic mass is 10.1. The number of fused-ring (bicyclic) bond motifs is 1. The average molecular weight is 191 g/mol. The molecule has 4 nitrogen and oxygen atoms in total. The summed E-state index contributed by atoms with van der Waals surface area (Å²) in [4.78, 5) is 13.5. The molecule has 2 aromatic rings. The highest BCUT2D eigenvalue weighted by Crippen LogP contribution is 2.19. The second-order valence-corrected chi connectivity index (χ2v) is 3.07. The largest absolute Gasteiger partial charge is 0.479 e. The fourth-order valence-corrected chi connectivity index (χ4v) is 1.38. The molecule has 0 fully saturated rings. The van der Waals surface area contributed by atoms with Crippen molar-refractivity contribution < 1.29 is 15.0 Å².